The Hall–Kier alpha value is -1.33. The summed E-state index contributed by atoms with van der Waals surface area (Å²) in [6.07, 6.45) is 3.75. The van der Waals surface area contributed by atoms with E-state index in [4.69, 9.17) is 9.47 Å². The van der Waals surface area contributed by atoms with E-state index >= 15 is 0 Å². The van der Waals surface area contributed by atoms with Crippen molar-refractivity contribution >= 4 is 5.91 Å². The van der Waals surface area contributed by atoms with E-state index in [1.807, 2.05) is 37.9 Å². The number of aromatic nitrogens is 1. The van der Waals surface area contributed by atoms with Crippen LogP contribution in [-0.2, 0) is 9.47 Å². The summed E-state index contributed by atoms with van der Waals surface area (Å²) in [6, 6.07) is 1.93. The third kappa shape index (κ3) is 2.85. The number of aromatic amines is 1. The average Bonchev–Trinajstić information content (AvgIpc) is 2.83. The summed E-state index contributed by atoms with van der Waals surface area (Å²) in [5.41, 5.74) is 0.962. The van der Waals surface area contributed by atoms with Crippen LogP contribution in [0.2, 0.25) is 0 Å². The molecule has 1 aromatic heterocycles. The third-order valence-corrected chi connectivity index (χ3v) is 4.29. The second-order valence-corrected chi connectivity index (χ2v) is 6.90. The molecule has 1 N–H and O–H groups in total. The number of nitrogens with zero attached hydrogens (tertiary/aromatic N) is 1. The molecule has 0 radical (unpaired) electrons. The smallest absolute Gasteiger partial charge is 0.270 e. The van der Waals surface area contributed by atoms with Crippen molar-refractivity contribution in [1.29, 1.82) is 0 Å². The highest BCUT2D eigenvalue weighted by molar-refractivity contribution is 5.94. The molecule has 0 bridgehead atoms. The van der Waals surface area contributed by atoms with Gasteiger partial charge in [-0.05, 0) is 45.2 Å². The fourth-order valence-electron chi connectivity index (χ4n) is 3.53. The summed E-state index contributed by atoms with van der Waals surface area (Å²) in [7, 11) is 0. The van der Waals surface area contributed by atoms with Crippen molar-refractivity contribution in [1.82, 2.24) is 9.88 Å². The SMILES string of the molecule is Cc1cc[nH]c1C(=O)N1CC(C)(C)O[C@]2(CCCOC2)C1. The topological polar surface area (TPSA) is 54.6 Å². The lowest BCUT2D eigenvalue weighted by Crippen LogP contribution is -2.63. The maximum atomic E-state index is 12.8. The molecule has 2 fully saturated rings. The van der Waals surface area contributed by atoms with Gasteiger partial charge in [-0.3, -0.25) is 4.79 Å². The zero-order valence-electron chi connectivity index (χ0n) is 13.1. The average molecular weight is 292 g/mol. The molecule has 2 aliphatic heterocycles. The van der Waals surface area contributed by atoms with E-state index in [1.165, 1.54) is 0 Å². The number of hydrogen-bond donors (Lipinski definition) is 1. The molecule has 0 saturated carbocycles. The molecule has 116 valence electrons. The molecule has 3 rings (SSSR count). The quantitative estimate of drug-likeness (QED) is 0.862. The Morgan fingerprint density at radius 3 is 2.81 bits per heavy atom. The summed E-state index contributed by atoms with van der Waals surface area (Å²) in [4.78, 5) is 17.8. The number of carbonyl (C=O) groups excluding carboxylic acids is 1. The molecule has 0 unspecified atom stereocenters. The predicted octanol–water partition coefficient (Wildman–Crippen LogP) is 2.12. The van der Waals surface area contributed by atoms with Crippen LogP contribution >= 0.6 is 0 Å². The van der Waals surface area contributed by atoms with E-state index in [-0.39, 0.29) is 17.1 Å². The van der Waals surface area contributed by atoms with E-state index < -0.39 is 0 Å². The van der Waals surface area contributed by atoms with Crippen LogP contribution in [0.3, 0.4) is 0 Å². The van der Waals surface area contributed by atoms with Crippen molar-refractivity contribution in [3.63, 3.8) is 0 Å². The lowest BCUT2D eigenvalue weighted by atomic mass is 9.90. The molecule has 21 heavy (non-hydrogen) atoms. The molecule has 1 aromatic rings. The molecule has 3 heterocycles. The van der Waals surface area contributed by atoms with Gasteiger partial charge >= 0.3 is 0 Å². The first-order valence-corrected chi connectivity index (χ1v) is 7.62. The first-order chi connectivity index (χ1) is 9.91. The van der Waals surface area contributed by atoms with Gasteiger partial charge in [0.1, 0.15) is 11.3 Å². The van der Waals surface area contributed by atoms with E-state index in [0.717, 1.165) is 25.0 Å². The van der Waals surface area contributed by atoms with Gasteiger partial charge in [0.15, 0.2) is 0 Å². The Bertz CT molecular complexity index is 529. The Morgan fingerprint density at radius 2 is 2.19 bits per heavy atom. The van der Waals surface area contributed by atoms with Crippen molar-refractivity contribution in [3.05, 3.63) is 23.5 Å². The minimum absolute atomic E-state index is 0.0545. The zero-order valence-corrected chi connectivity index (χ0v) is 13.1. The van der Waals surface area contributed by atoms with Crippen LogP contribution in [0, 0.1) is 6.92 Å². The van der Waals surface area contributed by atoms with Gasteiger partial charge in [-0.2, -0.15) is 0 Å². The number of morpholine rings is 1. The van der Waals surface area contributed by atoms with E-state index in [2.05, 4.69) is 4.98 Å². The molecule has 1 atom stereocenters. The monoisotopic (exact) mass is 292 g/mol. The lowest BCUT2D eigenvalue weighted by molar-refractivity contribution is -0.225. The Kier molecular flexibility index (Phi) is 3.58. The Labute approximate surface area is 125 Å². The summed E-state index contributed by atoms with van der Waals surface area (Å²) in [5.74, 6) is 0.0545. The summed E-state index contributed by atoms with van der Waals surface area (Å²) in [6.45, 7) is 8.61. The van der Waals surface area contributed by atoms with Gasteiger partial charge in [0.25, 0.3) is 5.91 Å². The first-order valence-electron chi connectivity index (χ1n) is 7.62. The van der Waals surface area contributed by atoms with E-state index in [0.29, 0.717) is 25.4 Å². The number of H-pyrrole nitrogens is 1. The summed E-state index contributed by atoms with van der Waals surface area (Å²) >= 11 is 0. The number of ether oxygens (including phenoxy) is 2. The van der Waals surface area contributed by atoms with Crippen molar-refractivity contribution in [2.24, 2.45) is 0 Å². The highest BCUT2D eigenvalue weighted by Crippen LogP contribution is 2.35. The summed E-state index contributed by atoms with van der Waals surface area (Å²) in [5, 5.41) is 0. The van der Waals surface area contributed by atoms with Crippen LogP contribution in [0.1, 0.15) is 42.7 Å². The van der Waals surface area contributed by atoms with Gasteiger partial charge in [-0.15, -0.1) is 0 Å². The third-order valence-electron chi connectivity index (χ3n) is 4.29. The molecule has 5 heteroatoms. The molecule has 2 saturated heterocycles. The molecular formula is C16H24N2O3. The minimum atomic E-state index is -0.352. The van der Waals surface area contributed by atoms with Crippen LogP contribution in [0.4, 0.5) is 0 Å². The molecular weight excluding hydrogens is 268 g/mol. The van der Waals surface area contributed by atoms with E-state index in [1.54, 1.807) is 0 Å². The number of amides is 1. The number of rotatable bonds is 1. The largest absolute Gasteiger partial charge is 0.378 e. The van der Waals surface area contributed by atoms with E-state index in [9.17, 15) is 4.79 Å². The van der Waals surface area contributed by atoms with Crippen molar-refractivity contribution in [3.8, 4) is 0 Å². The maximum absolute atomic E-state index is 12.8. The van der Waals surface area contributed by atoms with Crippen LogP contribution in [0.25, 0.3) is 0 Å². The molecule has 2 aliphatic rings. The summed E-state index contributed by atoms with van der Waals surface area (Å²) < 4.78 is 11.9. The zero-order chi connectivity index (χ0) is 15.1. The predicted molar refractivity (Wildman–Crippen MR) is 79.4 cm³/mol. The highest BCUT2D eigenvalue weighted by atomic mass is 16.6. The molecule has 1 spiro atoms. The van der Waals surface area contributed by atoms with Crippen molar-refractivity contribution in [2.45, 2.75) is 44.8 Å². The fourth-order valence-corrected chi connectivity index (χ4v) is 3.53. The number of aryl methyl sites for hydroxylation is 1. The van der Waals surface area contributed by atoms with Gasteiger partial charge in [-0.1, -0.05) is 0 Å². The van der Waals surface area contributed by atoms with Crippen LogP contribution in [0.15, 0.2) is 12.3 Å². The molecule has 0 aromatic carbocycles. The van der Waals surface area contributed by atoms with Gasteiger partial charge in [0, 0.05) is 19.3 Å². The van der Waals surface area contributed by atoms with Crippen molar-refractivity contribution < 1.29 is 14.3 Å². The van der Waals surface area contributed by atoms with Crippen LogP contribution in [0.5, 0.6) is 0 Å². The first kappa shape index (κ1) is 14.6. The number of carbonyl (C=O) groups is 1. The van der Waals surface area contributed by atoms with Gasteiger partial charge in [0.2, 0.25) is 0 Å². The molecule has 0 aliphatic carbocycles. The second kappa shape index (κ2) is 5.14. The number of hydrogen-bond acceptors (Lipinski definition) is 3. The maximum Gasteiger partial charge on any atom is 0.270 e. The number of nitrogens with one attached hydrogen (secondary N) is 1. The fraction of sp³-hybridized carbons (Fsp3) is 0.688. The Morgan fingerprint density at radius 1 is 1.38 bits per heavy atom. The second-order valence-electron chi connectivity index (χ2n) is 6.90. The van der Waals surface area contributed by atoms with Crippen LogP contribution < -0.4 is 0 Å². The van der Waals surface area contributed by atoms with Gasteiger partial charge in [-0.25, -0.2) is 0 Å². The highest BCUT2D eigenvalue weighted by Gasteiger charge is 2.47. The minimum Gasteiger partial charge on any atom is -0.378 e. The van der Waals surface area contributed by atoms with Crippen molar-refractivity contribution in [2.75, 3.05) is 26.3 Å². The normalized spacial score (nSPS) is 28.8. The lowest BCUT2D eigenvalue weighted by Gasteiger charge is -2.51. The van der Waals surface area contributed by atoms with Gasteiger partial charge < -0.3 is 19.4 Å². The van der Waals surface area contributed by atoms with Gasteiger partial charge in [0.05, 0.1) is 18.8 Å². The molecule has 1 amide bonds. The van der Waals surface area contributed by atoms with Crippen LogP contribution in [-0.4, -0.2) is 53.3 Å². The molecule has 5 nitrogen and oxygen atoms in total. The Balaban J connectivity index is 1.85. The standard InChI is InChI=1S/C16H24N2O3/c1-12-5-7-17-13(12)14(19)18-9-15(2,3)21-16(10-18)6-4-8-20-11-16/h5,7,17H,4,6,8-11H2,1-3H3/t16-/m1/s1.